The second-order valence-corrected chi connectivity index (χ2v) is 4.31. The van der Waals surface area contributed by atoms with E-state index < -0.39 is 0 Å². The van der Waals surface area contributed by atoms with E-state index in [9.17, 15) is 9.59 Å². The number of anilines is 1. The number of nitrogens with zero attached hydrogens (tertiary/aromatic N) is 1. The first-order valence-corrected chi connectivity index (χ1v) is 6.27. The molecule has 104 valence electrons. The Labute approximate surface area is 113 Å². The van der Waals surface area contributed by atoms with Crippen molar-refractivity contribution in [2.75, 3.05) is 25.9 Å². The maximum absolute atomic E-state index is 11.5. The topological polar surface area (TPSA) is 72.6 Å². The van der Waals surface area contributed by atoms with Crippen LogP contribution in [0.25, 0.3) is 0 Å². The zero-order valence-electron chi connectivity index (χ0n) is 11.4. The molecular formula is C14H20N2O3. The number of nitrogen functional groups attached to an aromatic ring is 1. The van der Waals surface area contributed by atoms with Gasteiger partial charge >= 0.3 is 5.97 Å². The molecule has 0 aromatic heterocycles. The van der Waals surface area contributed by atoms with Gasteiger partial charge in [-0.05, 0) is 31.0 Å². The molecule has 0 aliphatic rings. The normalized spacial score (nSPS) is 10.0. The summed E-state index contributed by atoms with van der Waals surface area (Å²) in [5.74, 6) is -0.569. The number of carbonyl (C=O) groups excluding carboxylic acids is 2. The first kappa shape index (κ1) is 15.0. The lowest BCUT2D eigenvalue weighted by Gasteiger charge is -2.14. The highest BCUT2D eigenvalue weighted by Crippen LogP contribution is 2.09. The summed E-state index contributed by atoms with van der Waals surface area (Å²) in [4.78, 5) is 24.4. The molecule has 0 saturated heterocycles. The first-order valence-electron chi connectivity index (χ1n) is 6.27. The van der Waals surface area contributed by atoms with E-state index in [0.29, 0.717) is 18.7 Å². The Balaban J connectivity index is 2.30. The van der Waals surface area contributed by atoms with Crippen LogP contribution in [-0.2, 0) is 20.7 Å². The summed E-state index contributed by atoms with van der Waals surface area (Å²) < 4.78 is 4.92. The van der Waals surface area contributed by atoms with Crippen LogP contribution in [0.2, 0.25) is 0 Å². The van der Waals surface area contributed by atoms with Crippen LogP contribution in [0.4, 0.5) is 5.69 Å². The largest absolute Gasteiger partial charge is 0.456 e. The molecule has 0 heterocycles. The molecule has 1 aromatic carbocycles. The SMILES string of the molecule is CCN(C)C(=O)COC(=O)CCc1cccc(N)c1. The van der Waals surface area contributed by atoms with Gasteiger partial charge in [0.1, 0.15) is 0 Å². The van der Waals surface area contributed by atoms with Crippen LogP contribution in [0.3, 0.4) is 0 Å². The Kier molecular flexibility index (Phi) is 5.85. The number of aryl methyl sites for hydroxylation is 1. The van der Waals surface area contributed by atoms with Crippen LogP contribution in [0.1, 0.15) is 18.9 Å². The third-order valence-electron chi connectivity index (χ3n) is 2.83. The maximum atomic E-state index is 11.5. The third-order valence-corrected chi connectivity index (χ3v) is 2.83. The van der Waals surface area contributed by atoms with E-state index in [1.807, 2.05) is 25.1 Å². The van der Waals surface area contributed by atoms with Crippen molar-refractivity contribution in [3.63, 3.8) is 0 Å². The fourth-order valence-corrected chi connectivity index (χ4v) is 1.50. The third kappa shape index (κ3) is 5.42. The van der Waals surface area contributed by atoms with Crippen molar-refractivity contribution in [3.05, 3.63) is 29.8 Å². The molecule has 5 heteroatoms. The van der Waals surface area contributed by atoms with Gasteiger partial charge in [0.05, 0.1) is 0 Å². The van der Waals surface area contributed by atoms with E-state index in [4.69, 9.17) is 10.5 Å². The Bertz CT molecular complexity index is 446. The van der Waals surface area contributed by atoms with Crippen molar-refractivity contribution in [3.8, 4) is 0 Å². The molecule has 0 aliphatic carbocycles. The molecule has 1 amide bonds. The summed E-state index contributed by atoms with van der Waals surface area (Å²) in [6.07, 6.45) is 0.800. The summed E-state index contributed by atoms with van der Waals surface area (Å²) in [6.45, 7) is 2.26. The molecule has 0 fully saturated rings. The number of benzene rings is 1. The number of ether oxygens (including phenoxy) is 1. The smallest absolute Gasteiger partial charge is 0.306 e. The summed E-state index contributed by atoms with van der Waals surface area (Å²) >= 11 is 0. The number of hydrogen-bond donors (Lipinski definition) is 1. The molecule has 1 rings (SSSR count). The lowest BCUT2D eigenvalue weighted by Crippen LogP contribution is -2.30. The summed E-state index contributed by atoms with van der Waals surface area (Å²) in [7, 11) is 1.67. The molecule has 0 saturated carbocycles. The molecule has 1 aromatic rings. The molecular weight excluding hydrogens is 244 g/mol. The number of esters is 1. The molecule has 0 bridgehead atoms. The van der Waals surface area contributed by atoms with Crippen molar-refractivity contribution >= 4 is 17.6 Å². The number of carbonyl (C=O) groups is 2. The van der Waals surface area contributed by atoms with E-state index in [-0.39, 0.29) is 24.9 Å². The minimum atomic E-state index is -0.375. The Hall–Kier alpha value is -2.04. The highest BCUT2D eigenvalue weighted by atomic mass is 16.5. The van der Waals surface area contributed by atoms with Gasteiger partial charge < -0.3 is 15.4 Å². The quantitative estimate of drug-likeness (QED) is 0.619. The summed E-state index contributed by atoms with van der Waals surface area (Å²) in [6, 6.07) is 7.36. The standard InChI is InChI=1S/C14H20N2O3/c1-3-16(2)13(17)10-19-14(18)8-7-11-5-4-6-12(15)9-11/h4-6,9H,3,7-8,10,15H2,1-2H3. The van der Waals surface area contributed by atoms with E-state index >= 15 is 0 Å². The zero-order valence-corrected chi connectivity index (χ0v) is 11.4. The second-order valence-electron chi connectivity index (χ2n) is 4.31. The van der Waals surface area contributed by atoms with Crippen molar-refractivity contribution in [1.29, 1.82) is 0 Å². The van der Waals surface area contributed by atoms with Gasteiger partial charge in [0.15, 0.2) is 6.61 Å². The molecule has 19 heavy (non-hydrogen) atoms. The summed E-state index contributed by atoms with van der Waals surface area (Å²) in [5.41, 5.74) is 7.30. The first-order chi connectivity index (χ1) is 9.02. The average Bonchev–Trinajstić information content (AvgIpc) is 2.41. The Morgan fingerprint density at radius 3 is 2.74 bits per heavy atom. The van der Waals surface area contributed by atoms with E-state index in [1.165, 1.54) is 4.90 Å². The molecule has 2 N–H and O–H groups in total. The predicted octanol–water partition coefficient (Wildman–Crippen LogP) is 1.22. The fraction of sp³-hybridized carbons (Fsp3) is 0.429. The predicted molar refractivity (Wildman–Crippen MR) is 73.4 cm³/mol. The highest BCUT2D eigenvalue weighted by Gasteiger charge is 2.10. The van der Waals surface area contributed by atoms with Gasteiger partial charge in [-0.2, -0.15) is 0 Å². The van der Waals surface area contributed by atoms with Crippen LogP contribution in [0.5, 0.6) is 0 Å². The van der Waals surface area contributed by atoms with Gasteiger partial charge in [-0.25, -0.2) is 0 Å². The molecule has 0 radical (unpaired) electrons. The van der Waals surface area contributed by atoms with Crippen molar-refractivity contribution < 1.29 is 14.3 Å². The van der Waals surface area contributed by atoms with E-state index in [0.717, 1.165) is 5.56 Å². The molecule has 5 nitrogen and oxygen atoms in total. The monoisotopic (exact) mass is 264 g/mol. The minimum absolute atomic E-state index is 0.194. The van der Waals surface area contributed by atoms with Crippen molar-refractivity contribution in [1.82, 2.24) is 4.90 Å². The van der Waals surface area contributed by atoms with Crippen molar-refractivity contribution in [2.45, 2.75) is 19.8 Å². The van der Waals surface area contributed by atoms with Crippen molar-refractivity contribution in [2.24, 2.45) is 0 Å². The van der Waals surface area contributed by atoms with Crippen LogP contribution in [0, 0.1) is 0 Å². The van der Waals surface area contributed by atoms with Gasteiger partial charge in [-0.1, -0.05) is 12.1 Å². The highest BCUT2D eigenvalue weighted by molar-refractivity contribution is 5.80. The fourth-order valence-electron chi connectivity index (χ4n) is 1.50. The number of nitrogens with two attached hydrogens (primary N) is 1. The van der Waals surface area contributed by atoms with Crippen LogP contribution < -0.4 is 5.73 Å². The van der Waals surface area contributed by atoms with Gasteiger partial charge in [0.2, 0.25) is 0 Å². The van der Waals surface area contributed by atoms with E-state index in [1.54, 1.807) is 13.1 Å². The molecule has 0 spiro atoms. The number of rotatable bonds is 6. The molecule has 0 aliphatic heterocycles. The summed E-state index contributed by atoms with van der Waals surface area (Å²) in [5, 5.41) is 0. The molecule has 0 unspecified atom stereocenters. The number of likely N-dealkylation sites (N-methyl/N-ethyl adjacent to an activating group) is 1. The molecule has 0 atom stereocenters. The maximum Gasteiger partial charge on any atom is 0.306 e. The van der Waals surface area contributed by atoms with Crippen LogP contribution in [0.15, 0.2) is 24.3 Å². The van der Waals surface area contributed by atoms with Crippen LogP contribution >= 0.6 is 0 Å². The average molecular weight is 264 g/mol. The van der Waals surface area contributed by atoms with Gasteiger partial charge in [-0.3, -0.25) is 9.59 Å². The zero-order chi connectivity index (χ0) is 14.3. The number of amides is 1. The lowest BCUT2D eigenvalue weighted by molar-refractivity contribution is -0.151. The van der Waals surface area contributed by atoms with Gasteiger partial charge in [0, 0.05) is 25.7 Å². The lowest BCUT2D eigenvalue weighted by atomic mass is 10.1. The van der Waals surface area contributed by atoms with Gasteiger partial charge in [-0.15, -0.1) is 0 Å². The Morgan fingerprint density at radius 2 is 2.11 bits per heavy atom. The second kappa shape index (κ2) is 7.41. The van der Waals surface area contributed by atoms with Gasteiger partial charge in [0.25, 0.3) is 5.91 Å². The number of hydrogen-bond acceptors (Lipinski definition) is 4. The van der Waals surface area contributed by atoms with Crippen LogP contribution in [-0.4, -0.2) is 37.0 Å². The Morgan fingerprint density at radius 1 is 1.37 bits per heavy atom. The van der Waals surface area contributed by atoms with E-state index in [2.05, 4.69) is 0 Å². The minimum Gasteiger partial charge on any atom is -0.456 e.